The van der Waals surface area contributed by atoms with Crippen LogP contribution in [0.2, 0.25) is 5.02 Å². The SMILES string of the molecule is CC1(N)CC(C)(Oc2ccc(C#N)c(Cl)c2)C1(C)C. The Bertz CT molecular complexity index is 560. The molecule has 1 aromatic carbocycles. The van der Waals surface area contributed by atoms with Crippen molar-refractivity contribution in [2.24, 2.45) is 11.1 Å². The molecule has 0 saturated heterocycles. The molecule has 0 spiro atoms. The van der Waals surface area contributed by atoms with Crippen molar-refractivity contribution in [3.8, 4) is 11.8 Å². The summed E-state index contributed by atoms with van der Waals surface area (Å²) in [6, 6.07) is 7.17. The zero-order chi connectivity index (χ0) is 14.5. The van der Waals surface area contributed by atoms with Gasteiger partial charge in [0.05, 0.1) is 10.6 Å². The van der Waals surface area contributed by atoms with Crippen molar-refractivity contribution in [1.29, 1.82) is 5.26 Å². The summed E-state index contributed by atoms with van der Waals surface area (Å²) < 4.78 is 6.10. The van der Waals surface area contributed by atoms with Gasteiger partial charge in [0.25, 0.3) is 0 Å². The molecular formula is C15H19ClN2O. The van der Waals surface area contributed by atoms with Gasteiger partial charge in [0.1, 0.15) is 17.4 Å². The van der Waals surface area contributed by atoms with E-state index in [4.69, 9.17) is 27.3 Å². The van der Waals surface area contributed by atoms with Gasteiger partial charge in [-0.25, -0.2) is 0 Å². The second kappa shape index (κ2) is 4.13. The van der Waals surface area contributed by atoms with Gasteiger partial charge in [0.15, 0.2) is 0 Å². The molecule has 1 aromatic rings. The van der Waals surface area contributed by atoms with Crippen LogP contribution in [-0.4, -0.2) is 11.1 Å². The highest BCUT2D eigenvalue weighted by molar-refractivity contribution is 6.31. The molecule has 1 fully saturated rings. The lowest BCUT2D eigenvalue weighted by atomic mass is 9.48. The van der Waals surface area contributed by atoms with E-state index in [1.807, 2.05) is 13.0 Å². The summed E-state index contributed by atoms with van der Waals surface area (Å²) in [4.78, 5) is 0. The molecule has 1 saturated carbocycles. The minimum Gasteiger partial charge on any atom is -0.487 e. The van der Waals surface area contributed by atoms with E-state index < -0.39 is 0 Å². The lowest BCUT2D eigenvalue weighted by molar-refractivity contribution is -0.170. The van der Waals surface area contributed by atoms with E-state index in [2.05, 4.69) is 20.8 Å². The standard InChI is InChI=1S/C15H19ClN2O/c1-13(2)14(3,18)9-15(13,4)19-11-6-5-10(8-17)12(16)7-11/h5-7H,9,18H2,1-4H3. The number of nitrogens with two attached hydrogens (primary N) is 1. The molecule has 0 aromatic heterocycles. The van der Waals surface area contributed by atoms with E-state index >= 15 is 0 Å². The molecule has 2 rings (SSSR count). The first kappa shape index (κ1) is 14.2. The van der Waals surface area contributed by atoms with Gasteiger partial charge < -0.3 is 10.5 Å². The predicted octanol–water partition coefficient (Wildman–Crippen LogP) is 3.50. The summed E-state index contributed by atoms with van der Waals surface area (Å²) in [7, 11) is 0. The van der Waals surface area contributed by atoms with Crippen molar-refractivity contribution < 1.29 is 4.74 Å². The lowest BCUT2D eigenvalue weighted by Crippen LogP contribution is -2.75. The van der Waals surface area contributed by atoms with Crippen molar-refractivity contribution >= 4 is 11.6 Å². The first-order valence-corrected chi connectivity index (χ1v) is 6.68. The molecule has 1 aliphatic carbocycles. The number of rotatable bonds is 2. The Morgan fingerprint density at radius 2 is 1.95 bits per heavy atom. The Balaban J connectivity index is 2.24. The number of nitrogens with zero attached hydrogens (tertiary/aromatic N) is 1. The fourth-order valence-electron chi connectivity index (χ4n) is 2.71. The maximum atomic E-state index is 8.86. The van der Waals surface area contributed by atoms with Crippen molar-refractivity contribution in [3.63, 3.8) is 0 Å². The fourth-order valence-corrected chi connectivity index (χ4v) is 2.93. The van der Waals surface area contributed by atoms with E-state index in [0.717, 1.165) is 6.42 Å². The number of benzene rings is 1. The minimum atomic E-state index is -0.325. The van der Waals surface area contributed by atoms with Crippen LogP contribution < -0.4 is 10.5 Å². The molecule has 1 aliphatic rings. The van der Waals surface area contributed by atoms with Crippen LogP contribution in [0.5, 0.6) is 5.75 Å². The second-order valence-electron chi connectivity index (χ2n) is 6.31. The number of nitriles is 1. The molecule has 0 bridgehead atoms. The topological polar surface area (TPSA) is 59.0 Å². The Labute approximate surface area is 119 Å². The monoisotopic (exact) mass is 278 g/mol. The summed E-state index contributed by atoms with van der Waals surface area (Å²) in [5.74, 6) is 0.676. The van der Waals surface area contributed by atoms with E-state index in [1.165, 1.54) is 0 Å². The number of halogens is 1. The zero-order valence-electron chi connectivity index (χ0n) is 11.7. The minimum absolute atomic E-state index is 0.139. The van der Waals surface area contributed by atoms with Crippen molar-refractivity contribution in [2.75, 3.05) is 0 Å². The summed E-state index contributed by atoms with van der Waals surface area (Å²) in [5, 5.41) is 9.27. The molecule has 2 unspecified atom stereocenters. The molecule has 0 amide bonds. The van der Waals surface area contributed by atoms with Crippen LogP contribution in [0.4, 0.5) is 0 Å². The molecule has 2 atom stereocenters. The van der Waals surface area contributed by atoms with Crippen LogP contribution in [0.1, 0.15) is 39.7 Å². The van der Waals surface area contributed by atoms with Crippen LogP contribution >= 0.6 is 11.6 Å². The van der Waals surface area contributed by atoms with Gasteiger partial charge in [-0.3, -0.25) is 0 Å². The molecular weight excluding hydrogens is 260 g/mol. The summed E-state index contributed by atoms with van der Waals surface area (Å²) in [5.41, 5.74) is 6.01. The van der Waals surface area contributed by atoms with E-state index in [0.29, 0.717) is 16.3 Å². The van der Waals surface area contributed by atoms with Gasteiger partial charge in [-0.05, 0) is 26.0 Å². The van der Waals surface area contributed by atoms with E-state index in [9.17, 15) is 0 Å². The normalized spacial score (nSPS) is 32.3. The molecule has 102 valence electrons. The van der Waals surface area contributed by atoms with Gasteiger partial charge in [0.2, 0.25) is 0 Å². The van der Waals surface area contributed by atoms with Crippen molar-refractivity contribution in [1.82, 2.24) is 0 Å². The highest BCUT2D eigenvalue weighted by atomic mass is 35.5. The maximum absolute atomic E-state index is 8.86. The lowest BCUT2D eigenvalue weighted by Gasteiger charge is -2.64. The van der Waals surface area contributed by atoms with E-state index in [-0.39, 0.29) is 16.6 Å². The molecule has 4 heteroatoms. The quantitative estimate of drug-likeness (QED) is 0.901. The third kappa shape index (κ3) is 2.00. The maximum Gasteiger partial charge on any atom is 0.121 e. The predicted molar refractivity (Wildman–Crippen MR) is 76.2 cm³/mol. The molecule has 2 N–H and O–H groups in total. The Morgan fingerprint density at radius 3 is 2.37 bits per heavy atom. The largest absolute Gasteiger partial charge is 0.487 e. The fraction of sp³-hybridized carbons (Fsp3) is 0.533. The molecule has 3 nitrogen and oxygen atoms in total. The van der Waals surface area contributed by atoms with Crippen LogP contribution in [0, 0.1) is 16.7 Å². The van der Waals surface area contributed by atoms with Gasteiger partial charge >= 0.3 is 0 Å². The first-order chi connectivity index (χ1) is 8.63. The summed E-state index contributed by atoms with van der Waals surface area (Å²) in [6.45, 7) is 8.33. The van der Waals surface area contributed by atoms with Crippen LogP contribution in [0.15, 0.2) is 18.2 Å². The van der Waals surface area contributed by atoms with E-state index in [1.54, 1.807) is 18.2 Å². The zero-order valence-corrected chi connectivity index (χ0v) is 12.5. The van der Waals surface area contributed by atoms with Gasteiger partial charge in [-0.2, -0.15) is 5.26 Å². The Hall–Kier alpha value is -1.24. The van der Waals surface area contributed by atoms with Crippen LogP contribution in [0.25, 0.3) is 0 Å². The molecule has 0 aliphatic heterocycles. The number of hydrogen-bond donors (Lipinski definition) is 1. The third-order valence-electron chi connectivity index (χ3n) is 4.86. The highest BCUT2D eigenvalue weighted by Crippen LogP contribution is 2.57. The van der Waals surface area contributed by atoms with Crippen molar-refractivity contribution in [2.45, 2.75) is 45.3 Å². The average Bonchev–Trinajstić information content (AvgIpc) is 2.28. The van der Waals surface area contributed by atoms with Crippen molar-refractivity contribution in [3.05, 3.63) is 28.8 Å². The summed E-state index contributed by atoms with van der Waals surface area (Å²) >= 11 is 6.02. The van der Waals surface area contributed by atoms with Gasteiger partial charge in [-0.1, -0.05) is 25.4 Å². The van der Waals surface area contributed by atoms with Crippen LogP contribution in [-0.2, 0) is 0 Å². The van der Waals surface area contributed by atoms with Crippen LogP contribution in [0.3, 0.4) is 0 Å². The molecule has 19 heavy (non-hydrogen) atoms. The molecule has 0 heterocycles. The second-order valence-corrected chi connectivity index (χ2v) is 6.71. The average molecular weight is 279 g/mol. The van der Waals surface area contributed by atoms with Gasteiger partial charge in [0, 0.05) is 23.4 Å². The summed E-state index contributed by atoms with van der Waals surface area (Å²) in [6.07, 6.45) is 0.782. The molecule has 0 radical (unpaired) electrons. The number of hydrogen-bond acceptors (Lipinski definition) is 3. The Morgan fingerprint density at radius 1 is 1.32 bits per heavy atom. The number of ether oxygens (including phenoxy) is 1. The van der Waals surface area contributed by atoms with Gasteiger partial charge in [-0.15, -0.1) is 0 Å². The third-order valence-corrected chi connectivity index (χ3v) is 5.17. The Kier molecular flexibility index (Phi) is 3.08. The smallest absolute Gasteiger partial charge is 0.121 e. The highest BCUT2D eigenvalue weighted by Gasteiger charge is 2.64. The first-order valence-electron chi connectivity index (χ1n) is 6.30.